The zero-order chi connectivity index (χ0) is 26.5. The Morgan fingerprint density at radius 2 is 1.89 bits per heavy atom. The molecule has 1 aliphatic rings. The van der Waals surface area contributed by atoms with E-state index >= 15 is 0 Å². The van der Waals surface area contributed by atoms with Gasteiger partial charge in [0, 0.05) is 17.2 Å². The lowest BCUT2D eigenvalue weighted by atomic mass is 10.0. The summed E-state index contributed by atoms with van der Waals surface area (Å²) in [5, 5.41) is 4.05. The highest BCUT2D eigenvalue weighted by Crippen LogP contribution is 2.38. The molecule has 10 nitrogen and oxygen atoms in total. The molecule has 5 N–H and O–H groups in total. The van der Waals surface area contributed by atoms with Gasteiger partial charge in [-0.3, -0.25) is 10.5 Å². The first kappa shape index (κ1) is 27.2. The van der Waals surface area contributed by atoms with Crippen LogP contribution in [0.2, 0.25) is 10.0 Å². The first-order valence-corrected chi connectivity index (χ1v) is 13.0. The summed E-state index contributed by atoms with van der Waals surface area (Å²) in [5.41, 5.74) is 12.4. The number of amides is 1. The number of nitrogens with zero attached hydrogens (tertiary/aromatic N) is 4. The van der Waals surface area contributed by atoms with Gasteiger partial charge in [-0.25, -0.2) is 4.98 Å². The van der Waals surface area contributed by atoms with E-state index in [0.717, 1.165) is 25.9 Å². The maximum atomic E-state index is 12.8. The number of nitrogen functional groups attached to an aromatic ring is 1. The molecule has 1 aromatic heterocycles. The highest BCUT2D eigenvalue weighted by molar-refractivity contribution is 7.99. The van der Waals surface area contributed by atoms with Crippen LogP contribution in [0, 0.1) is 0 Å². The van der Waals surface area contributed by atoms with Crippen molar-refractivity contribution in [2.24, 2.45) is 5.73 Å². The minimum Gasteiger partial charge on any atom is -0.496 e. The van der Waals surface area contributed by atoms with E-state index in [9.17, 15) is 4.79 Å². The molecule has 3 aromatic rings. The third kappa shape index (κ3) is 6.74. The van der Waals surface area contributed by atoms with Crippen molar-refractivity contribution < 1.29 is 14.3 Å². The molecule has 1 saturated heterocycles. The smallest absolute Gasteiger partial charge is 0.251 e. The van der Waals surface area contributed by atoms with Crippen molar-refractivity contribution in [3.05, 3.63) is 45.9 Å². The van der Waals surface area contributed by atoms with Crippen LogP contribution in [0.4, 0.5) is 5.95 Å². The molecule has 0 atom stereocenters. The molecule has 0 spiro atoms. The molecule has 1 fully saturated rings. The Kier molecular flexibility index (Phi) is 8.93. The molecule has 0 aliphatic carbocycles. The molecule has 37 heavy (non-hydrogen) atoms. The van der Waals surface area contributed by atoms with Gasteiger partial charge in [0.05, 0.1) is 22.1 Å². The van der Waals surface area contributed by atoms with Crippen molar-refractivity contribution in [1.29, 1.82) is 0 Å². The number of rotatable bonds is 8. The van der Waals surface area contributed by atoms with Gasteiger partial charge in [0.25, 0.3) is 5.91 Å². The number of aromatic nitrogens is 3. The Balaban J connectivity index is 1.56. The molecule has 2 aromatic carbocycles. The van der Waals surface area contributed by atoms with Gasteiger partial charge in [-0.05, 0) is 75.1 Å². The lowest BCUT2D eigenvalue weighted by Crippen LogP contribution is -2.43. The number of nitrogens with one attached hydrogen (secondary N) is 1. The monoisotopic (exact) mass is 563 g/mol. The van der Waals surface area contributed by atoms with Crippen LogP contribution in [-0.2, 0) is 0 Å². The van der Waals surface area contributed by atoms with E-state index < -0.39 is 0 Å². The van der Waals surface area contributed by atoms with E-state index in [0.29, 0.717) is 42.7 Å². The van der Waals surface area contributed by atoms with Gasteiger partial charge in [-0.15, -0.1) is 0 Å². The van der Waals surface area contributed by atoms with Gasteiger partial charge in [-0.2, -0.15) is 9.97 Å². The summed E-state index contributed by atoms with van der Waals surface area (Å²) in [6, 6.07) is 8.51. The number of anilines is 1. The van der Waals surface area contributed by atoms with Crippen LogP contribution < -0.4 is 26.3 Å². The van der Waals surface area contributed by atoms with E-state index in [1.807, 2.05) is 0 Å². The zero-order valence-corrected chi connectivity index (χ0v) is 22.7. The highest BCUT2D eigenvalue weighted by atomic mass is 35.5. The number of hydrogen-bond acceptors (Lipinski definition) is 10. The van der Waals surface area contributed by atoms with Gasteiger partial charge in [0.15, 0.2) is 11.0 Å². The van der Waals surface area contributed by atoms with Crippen LogP contribution in [0.5, 0.6) is 11.5 Å². The minimum atomic E-state index is -0.135. The largest absolute Gasteiger partial charge is 0.496 e. The van der Waals surface area contributed by atoms with Gasteiger partial charge < -0.3 is 25.4 Å². The fraction of sp³-hybridized carbons (Fsp3) is 0.333. The predicted octanol–water partition coefficient (Wildman–Crippen LogP) is 3.71. The van der Waals surface area contributed by atoms with Crippen LogP contribution in [0.15, 0.2) is 40.4 Å². The quantitative estimate of drug-likeness (QED) is 0.347. The van der Waals surface area contributed by atoms with Crippen molar-refractivity contribution >= 4 is 46.8 Å². The molecule has 1 aliphatic heterocycles. The Hall–Kier alpha value is -2.83. The second-order valence-corrected chi connectivity index (χ2v) is 10.2. The fourth-order valence-electron chi connectivity index (χ4n) is 3.85. The summed E-state index contributed by atoms with van der Waals surface area (Å²) in [6.45, 7) is 1.86. The number of carbonyl (C=O) groups excluding carboxylic acids is 1. The second-order valence-electron chi connectivity index (χ2n) is 8.39. The zero-order valence-electron chi connectivity index (χ0n) is 20.3. The Morgan fingerprint density at radius 3 is 2.59 bits per heavy atom. The summed E-state index contributed by atoms with van der Waals surface area (Å²) in [4.78, 5) is 28.8. The number of likely N-dealkylation sites (tertiary alicyclic amines) is 1. The SMILES string of the molecule is COc1cc(C(=O)NC2CCN(C)CC2)ccc1Sc1nc(N)nc(-c2cc(OCN)c(Cl)cc2Cl)n1. The Morgan fingerprint density at radius 1 is 1.14 bits per heavy atom. The molecule has 196 valence electrons. The number of methoxy groups -OCH3 is 1. The van der Waals surface area contributed by atoms with E-state index in [2.05, 4.69) is 32.2 Å². The van der Waals surface area contributed by atoms with E-state index in [1.165, 1.54) is 24.9 Å². The molecule has 13 heteroatoms. The van der Waals surface area contributed by atoms with E-state index in [4.69, 9.17) is 44.1 Å². The average molecular weight is 564 g/mol. The molecule has 0 unspecified atom stereocenters. The number of nitrogens with two attached hydrogens (primary N) is 2. The Labute approximate surface area is 229 Å². The molecule has 0 saturated carbocycles. The number of hydrogen-bond donors (Lipinski definition) is 3. The predicted molar refractivity (Wildman–Crippen MR) is 144 cm³/mol. The van der Waals surface area contributed by atoms with Gasteiger partial charge in [0.2, 0.25) is 5.95 Å². The van der Waals surface area contributed by atoms with Crippen molar-refractivity contribution in [2.45, 2.75) is 28.9 Å². The maximum Gasteiger partial charge on any atom is 0.251 e. The van der Waals surface area contributed by atoms with Gasteiger partial charge in [-0.1, -0.05) is 23.2 Å². The number of ether oxygens (including phenoxy) is 2. The minimum absolute atomic E-state index is 0.00732. The number of benzene rings is 2. The lowest BCUT2D eigenvalue weighted by molar-refractivity contribution is 0.0916. The third-order valence-corrected chi connectivity index (χ3v) is 7.34. The van der Waals surface area contributed by atoms with Crippen LogP contribution >= 0.6 is 35.0 Å². The number of piperidine rings is 1. The molecule has 1 amide bonds. The molecule has 0 bridgehead atoms. The lowest BCUT2D eigenvalue weighted by Gasteiger charge is -2.29. The number of halogens is 2. The van der Waals surface area contributed by atoms with Gasteiger partial charge >= 0.3 is 0 Å². The van der Waals surface area contributed by atoms with Crippen LogP contribution in [0.3, 0.4) is 0 Å². The van der Waals surface area contributed by atoms with Crippen molar-refractivity contribution in [1.82, 2.24) is 25.2 Å². The first-order valence-electron chi connectivity index (χ1n) is 11.5. The summed E-state index contributed by atoms with van der Waals surface area (Å²) >= 11 is 13.8. The standard InChI is InChI=1S/C24H27Cl2N7O3S/c1-33-7-5-14(6-8-33)29-22(34)13-3-4-20(19(9-13)35-2)37-24-31-21(30-23(28)32-24)15-10-18(36-12-27)17(26)11-16(15)25/h3-4,9-11,14H,5-8,12,27H2,1-2H3,(H,29,34)(H2,28,30,31,32). The highest BCUT2D eigenvalue weighted by Gasteiger charge is 2.21. The van der Waals surface area contributed by atoms with Crippen molar-refractivity contribution in [3.63, 3.8) is 0 Å². The van der Waals surface area contributed by atoms with Crippen molar-refractivity contribution in [3.8, 4) is 22.9 Å². The van der Waals surface area contributed by atoms with Crippen LogP contribution in [-0.4, -0.2) is 65.8 Å². The normalized spacial score (nSPS) is 14.4. The summed E-state index contributed by atoms with van der Waals surface area (Å²) < 4.78 is 10.9. The summed E-state index contributed by atoms with van der Waals surface area (Å²) in [6.07, 6.45) is 1.85. The van der Waals surface area contributed by atoms with E-state index in [1.54, 1.807) is 24.3 Å². The topological polar surface area (TPSA) is 142 Å². The van der Waals surface area contributed by atoms with Crippen molar-refractivity contribution in [2.75, 3.05) is 39.7 Å². The Bertz CT molecular complexity index is 1290. The number of carbonyl (C=O) groups is 1. The van der Waals surface area contributed by atoms with Crippen LogP contribution in [0.1, 0.15) is 23.2 Å². The molecular formula is C24H27Cl2N7O3S. The second kappa shape index (κ2) is 12.1. The third-order valence-electron chi connectivity index (χ3n) is 5.81. The first-order chi connectivity index (χ1) is 17.8. The summed E-state index contributed by atoms with van der Waals surface area (Å²) in [7, 11) is 3.62. The van der Waals surface area contributed by atoms with Crippen LogP contribution in [0.25, 0.3) is 11.4 Å². The van der Waals surface area contributed by atoms with E-state index in [-0.39, 0.29) is 30.5 Å². The molecule has 2 heterocycles. The summed E-state index contributed by atoms with van der Waals surface area (Å²) in [5.74, 6) is 0.959. The molecular weight excluding hydrogens is 537 g/mol. The molecule has 0 radical (unpaired) electrons. The molecule has 4 rings (SSSR count). The fourth-order valence-corrected chi connectivity index (χ4v) is 5.22. The van der Waals surface area contributed by atoms with Gasteiger partial charge in [0.1, 0.15) is 18.2 Å². The average Bonchev–Trinajstić information content (AvgIpc) is 2.87. The maximum absolute atomic E-state index is 12.8.